The maximum absolute atomic E-state index is 2.30. The second-order valence-electron chi connectivity index (χ2n) is 8.98. The molecular formula is C36H26. The van der Waals surface area contributed by atoms with Gasteiger partial charge < -0.3 is 0 Å². The van der Waals surface area contributed by atoms with Crippen LogP contribution in [0.2, 0.25) is 0 Å². The van der Waals surface area contributed by atoms with Gasteiger partial charge in [0.2, 0.25) is 0 Å². The Hall–Kier alpha value is -4.68. The van der Waals surface area contributed by atoms with Crippen molar-refractivity contribution in [2.45, 2.75) is 0 Å². The van der Waals surface area contributed by atoms with Crippen LogP contribution in [0.5, 0.6) is 0 Å². The summed E-state index contributed by atoms with van der Waals surface area (Å²) in [4.78, 5) is 0. The number of fused-ring (bicyclic) bond motifs is 2. The molecule has 0 bridgehead atoms. The first-order chi connectivity index (χ1) is 17.9. The van der Waals surface area contributed by atoms with E-state index in [1.54, 1.807) is 0 Å². The Kier molecular flexibility index (Phi) is 6.00. The van der Waals surface area contributed by atoms with Gasteiger partial charge in [0, 0.05) is 0 Å². The standard InChI is InChI=1S/C36H26/c1-2-7-17-34(32-25-22-28-14-8-9-15-31(28)26-32)36-19-11-10-18-35(36)33(16-6-1)30-23-20-29(21-24-30)27-12-4-3-5-13-27/h1-26H. The van der Waals surface area contributed by atoms with Crippen molar-refractivity contribution < 1.29 is 0 Å². The Labute approximate surface area is 212 Å². The topological polar surface area (TPSA) is 0 Å². The van der Waals surface area contributed by atoms with Gasteiger partial charge >= 0.3 is 0 Å². The second-order valence-corrected chi connectivity index (χ2v) is 8.98. The molecule has 6 rings (SSSR count). The molecule has 0 heterocycles. The molecule has 0 aromatic heterocycles. The van der Waals surface area contributed by atoms with E-state index in [0.717, 1.165) is 0 Å². The van der Waals surface area contributed by atoms with Crippen LogP contribution in [-0.2, 0) is 0 Å². The third-order valence-corrected chi connectivity index (χ3v) is 6.73. The summed E-state index contributed by atoms with van der Waals surface area (Å²) in [6, 6.07) is 56.4. The van der Waals surface area contributed by atoms with Gasteiger partial charge in [0.15, 0.2) is 0 Å². The fraction of sp³-hybridized carbons (Fsp3) is 0. The van der Waals surface area contributed by atoms with E-state index in [9.17, 15) is 0 Å². The largest absolute Gasteiger partial charge is 0.0622 e. The summed E-state index contributed by atoms with van der Waals surface area (Å²) < 4.78 is 0. The van der Waals surface area contributed by atoms with Crippen molar-refractivity contribution in [2.24, 2.45) is 0 Å². The van der Waals surface area contributed by atoms with Crippen LogP contribution in [0.1, 0.15) is 0 Å². The Morgan fingerprint density at radius 3 is 1.39 bits per heavy atom. The lowest BCUT2D eigenvalue weighted by atomic mass is 9.93. The maximum Gasteiger partial charge on any atom is -0.00992 e. The molecule has 6 aromatic carbocycles. The molecule has 0 heteroatoms. The zero-order valence-electron chi connectivity index (χ0n) is 20.0. The second kappa shape index (κ2) is 9.90. The molecule has 0 fully saturated rings. The predicted molar refractivity (Wildman–Crippen MR) is 155 cm³/mol. The molecule has 0 atom stereocenters. The smallest absolute Gasteiger partial charge is 0.00992 e. The SMILES string of the molecule is c1ccc(-c2ccc(-c3ccccccc(-c4ccc5ccccc5c4)c4ccccc34)cc2)cc1. The van der Waals surface area contributed by atoms with Crippen LogP contribution < -0.4 is 0 Å². The van der Waals surface area contributed by atoms with E-state index in [0.29, 0.717) is 0 Å². The molecule has 6 aromatic rings. The van der Waals surface area contributed by atoms with Crippen molar-refractivity contribution in [3.05, 3.63) is 158 Å². The van der Waals surface area contributed by atoms with Crippen molar-refractivity contribution in [3.8, 4) is 33.4 Å². The molecule has 170 valence electrons. The number of benzene rings is 5. The number of hydrogen-bond acceptors (Lipinski definition) is 0. The first-order valence-electron chi connectivity index (χ1n) is 12.4. The lowest BCUT2D eigenvalue weighted by Gasteiger charge is -2.10. The minimum atomic E-state index is 1.20. The summed E-state index contributed by atoms with van der Waals surface area (Å²) in [5.74, 6) is 0. The van der Waals surface area contributed by atoms with Gasteiger partial charge in [-0.15, -0.1) is 0 Å². The Bertz CT molecular complexity index is 1710. The summed E-state index contributed by atoms with van der Waals surface area (Å²) in [6.45, 7) is 0. The molecule has 0 nitrogen and oxygen atoms in total. The van der Waals surface area contributed by atoms with Crippen LogP contribution in [0.15, 0.2) is 158 Å². The van der Waals surface area contributed by atoms with Gasteiger partial charge in [-0.2, -0.15) is 0 Å². The van der Waals surface area contributed by atoms with Gasteiger partial charge in [-0.1, -0.05) is 152 Å². The molecule has 0 saturated carbocycles. The van der Waals surface area contributed by atoms with E-state index in [4.69, 9.17) is 0 Å². The quantitative estimate of drug-likeness (QED) is 0.247. The maximum atomic E-state index is 2.30. The third kappa shape index (κ3) is 4.37. The molecule has 0 N–H and O–H groups in total. The van der Waals surface area contributed by atoms with Gasteiger partial charge in [0.1, 0.15) is 0 Å². The summed E-state index contributed by atoms with van der Waals surface area (Å²) in [6.07, 6.45) is 0. The highest BCUT2D eigenvalue weighted by atomic mass is 14.1. The Morgan fingerprint density at radius 1 is 0.250 bits per heavy atom. The lowest BCUT2D eigenvalue weighted by molar-refractivity contribution is 1.60. The monoisotopic (exact) mass is 458 g/mol. The highest BCUT2D eigenvalue weighted by Crippen LogP contribution is 2.34. The van der Waals surface area contributed by atoms with Crippen LogP contribution in [0.25, 0.3) is 54.9 Å². The first-order valence-corrected chi connectivity index (χ1v) is 12.4. The molecule has 0 radical (unpaired) electrons. The third-order valence-electron chi connectivity index (χ3n) is 6.73. The van der Waals surface area contributed by atoms with Crippen LogP contribution >= 0.6 is 0 Å². The van der Waals surface area contributed by atoms with Gasteiger partial charge in [0.05, 0.1) is 0 Å². The molecule has 0 aliphatic rings. The fourth-order valence-corrected chi connectivity index (χ4v) is 4.90. The molecule has 0 unspecified atom stereocenters. The Balaban J connectivity index is 1.58. The molecule has 0 saturated heterocycles. The summed E-state index contributed by atoms with van der Waals surface area (Å²) >= 11 is 0. The molecular weight excluding hydrogens is 432 g/mol. The molecule has 0 amide bonds. The summed E-state index contributed by atoms with van der Waals surface area (Å²) in [5, 5.41) is 4.96. The molecule has 36 heavy (non-hydrogen) atoms. The van der Waals surface area contributed by atoms with E-state index in [1.165, 1.54) is 54.9 Å². The molecule has 0 aliphatic carbocycles. The van der Waals surface area contributed by atoms with Crippen molar-refractivity contribution >= 4 is 21.5 Å². The number of hydrogen-bond donors (Lipinski definition) is 0. The molecule has 0 aliphatic heterocycles. The van der Waals surface area contributed by atoms with Crippen molar-refractivity contribution in [2.75, 3.05) is 0 Å². The van der Waals surface area contributed by atoms with Crippen molar-refractivity contribution in [1.82, 2.24) is 0 Å². The zero-order chi connectivity index (χ0) is 24.2. The van der Waals surface area contributed by atoms with Gasteiger partial charge in [-0.05, 0) is 61.0 Å². The van der Waals surface area contributed by atoms with Crippen LogP contribution in [0.3, 0.4) is 0 Å². The van der Waals surface area contributed by atoms with Crippen LogP contribution in [0, 0.1) is 0 Å². The molecule has 0 spiro atoms. The van der Waals surface area contributed by atoms with E-state index in [-0.39, 0.29) is 0 Å². The predicted octanol–water partition coefficient (Wildman–Crippen LogP) is 10.1. The zero-order valence-corrected chi connectivity index (χ0v) is 20.0. The van der Waals surface area contributed by atoms with Crippen molar-refractivity contribution in [3.63, 3.8) is 0 Å². The number of rotatable bonds is 3. The average Bonchev–Trinajstić information content (AvgIpc) is 2.95. The fourth-order valence-electron chi connectivity index (χ4n) is 4.90. The van der Waals surface area contributed by atoms with Gasteiger partial charge in [-0.25, -0.2) is 0 Å². The summed E-state index contributed by atoms with van der Waals surface area (Å²) in [5.41, 5.74) is 7.31. The highest BCUT2D eigenvalue weighted by molar-refractivity contribution is 6.04. The van der Waals surface area contributed by atoms with Crippen molar-refractivity contribution in [1.29, 1.82) is 0 Å². The van der Waals surface area contributed by atoms with E-state index in [2.05, 4.69) is 158 Å². The minimum absolute atomic E-state index is 1.20. The Morgan fingerprint density at radius 2 is 0.694 bits per heavy atom. The minimum Gasteiger partial charge on any atom is -0.0622 e. The average molecular weight is 459 g/mol. The van der Waals surface area contributed by atoms with Gasteiger partial charge in [0.25, 0.3) is 0 Å². The van der Waals surface area contributed by atoms with Crippen LogP contribution in [0.4, 0.5) is 0 Å². The van der Waals surface area contributed by atoms with Gasteiger partial charge in [-0.3, -0.25) is 0 Å². The highest BCUT2D eigenvalue weighted by Gasteiger charge is 2.07. The van der Waals surface area contributed by atoms with E-state index in [1.807, 2.05) is 0 Å². The normalized spacial score (nSPS) is 10.8. The lowest BCUT2D eigenvalue weighted by Crippen LogP contribution is -1.84. The summed E-state index contributed by atoms with van der Waals surface area (Å²) in [7, 11) is 0. The first kappa shape index (κ1) is 21.8. The van der Waals surface area contributed by atoms with E-state index < -0.39 is 0 Å². The van der Waals surface area contributed by atoms with Crippen LogP contribution in [-0.4, -0.2) is 0 Å². The van der Waals surface area contributed by atoms with E-state index >= 15 is 0 Å².